The molecule has 0 aliphatic rings. The van der Waals surface area contributed by atoms with E-state index in [1.54, 1.807) is 30.3 Å². The first-order valence-corrected chi connectivity index (χ1v) is 6.07. The number of rotatable bonds is 1. The molecule has 0 saturated carbocycles. The van der Waals surface area contributed by atoms with Gasteiger partial charge in [-0.25, -0.2) is 4.98 Å². The number of nitrogens with zero attached hydrogens (tertiary/aromatic N) is 1. The minimum absolute atomic E-state index is 0.187. The fourth-order valence-corrected chi connectivity index (χ4v) is 2.06. The van der Waals surface area contributed by atoms with Crippen molar-refractivity contribution in [1.82, 2.24) is 9.97 Å². The molecule has 1 aromatic heterocycles. The molecule has 94 valence electrons. The summed E-state index contributed by atoms with van der Waals surface area (Å²) in [6, 6.07) is 12.1. The molecule has 0 bridgehead atoms. The van der Waals surface area contributed by atoms with Crippen molar-refractivity contribution in [1.29, 1.82) is 0 Å². The fourth-order valence-electron chi connectivity index (χ4n) is 1.89. The molecule has 3 aromatic rings. The monoisotopic (exact) mass is 271 g/mol. The van der Waals surface area contributed by atoms with E-state index < -0.39 is 0 Å². The zero-order valence-electron chi connectivity index (χ0n) is 9.85. The minimum Gasteiger partial charge on any atom is -0.399 e. The van der Waals surface area contributed by atoms with Gasteiger partial charge in [-0.1, -0.05) is 11.6 Å². The van der Waals surface area contributed by atoms with Crippen molar-refractivity contribution in [2.75, 3.05) is 5.73 Å². The molecule has 0 aliphatic carbocycles. The van der Waals surface area contributed by atoms with Crippen LogP contribution < -0.4 is 11.3 Å². The number of anilines is 1. The molecule has 0 aliphatic heterocycles. The zero-order valence-corrected chi connectivity index (χ0v) is 10.6. The van der Waals surface area contributed by atoms with Gasteiger partial charge in [0.15, 0.2) is 0 Å². The number of hydrogen-bond donors (Lipinski definition) is 2. The lowest BCUT2D eigenvalue weighted by atomic mass is 10.2. The third kappa shape index (κ3) is 2.18. The van der Waals surface area contributed by atoms with Gasteiger partial charge in [-0.05, 0) is 42.5 Å². The Balaban J connectivity index is 2.25. The van der Waals surface area contributed by atoms with Crippen molar-refractivity contribution < 1.29 is 0 Å². The average Bonchev–Trinajstić information content (AvgIpc) is 2.38. The molecule has 0 amide bonds. The highest BCUT2D eigenvalue weighted by molar-refractivity contribution is 6.31. The summed E-state index contributed by atoms with van der Waals surface area (Å²) >= 11 is 5.92. The molecule has 19 heavy (non-hydrogen) atoms. The second-order valence-electron chi connectivity index (χ2n) is 4.20. The van der Waals surface area contributed by atoms with Crippen molar-refractivity contribution in [3.63, 3.8) is 0 Å². The van der Waals surface area contributed by atoms with E-state index in [1.165, 1.54) is 0 Å². The number of benzene rings is 2. The summed E-state index contributed by atoms with van der Waals surface area (Å²) in [5.74, 6) is 0.500. The third-order valence-electron chi connectivity index (χ3n) is 2.85. The number of nitrogens with one attached hydrogen (secondary N) is 1. The predicted molar refractivity (Wildman–Crippen MR) is 77.2 cm³/mol. The Bertz CT molecular complexity index is 809. The first-order valence-electron chi connectivity index (χ1n) is 5.69. The van der Waals surface area contributed by atoms with Crippen LogP contribution in [0.2, 0.25) is 5.02 Å². The first kappa shape index (κ1) is 11.7. The van der Waals surface area contributed by atoms with E-state index in [0.717, 1.165) is 5.56 Å². The van der Waals surface area contributed by atoms with Gasteiger partial charge in [0.1, 0.15) is 5.82 Å². The van der Waals surface area contributed by atoms with Gasteiger partial charge in [0, 0.05) is 16.3 Å². The predicted octanol–water partition coefficient (Wildman–Crippen LogP) is 2.83. The SMILES string of the molecule is Nc1ccc(-c2nc3cc(Cl)ccc3c(=O)[nH]2)cc1. The second-order valence-corrected chi connectivity index (χ2v) is 4.63. The molecule has 2 aromatic carbocycles. The maximum Gasteiger partial charge on any atom is 0.259 e. The number of aromatic amines is 1. The lowest BCUT2D eigenvalue weighted by Gasteiger charge is -2.04. The normalized spacial score (nSPS) is 10.8. The summed E-state index contributed by atoms with van der Waals surface area (Å²) in [7, 11) is 0. The number of halogens is 1. The molecule has 0 atom stereocenters. The van der Waals surface area contributed by atoms with Gasteiger partial charge >= 0.3 is 0 Å². The number of nitrogen functional groups attached to an aromatic ring is 1. The molecule has 0 spiro atoms. The largest absolute Gasteiger partial charge is 0.399 e. The van der Waals surface area contributed by atoms with Crippen molar-refractivity contribution in [3.8, 4) is 11.4 Å². The highest BCUT2D eigenvalue weighted by Gasteiger charge is 2.06. The number of aromatic nitrogens is 2. The van der Waals surface area contributed by atoms with Gasteiger partial charge in [-0.3, -0.25) is 4.79 Å². The molecule has 4 nitrogen and oxygen atoms in total. The lowest BCUT2D eigenvalue weighted by molar-refractivity contribution is 1.18. The van der Waals surface area contributed by atoms with Crippen molar-refractivity contribution in [3.05, 3.63) is 57.8 Å². The number of hydrogen-bond acceptors (Lipinski definition) is 3. The standard InChI is InChI=1S/C14H10ClN3O/c15-9-3-6-11-12(7-9)17-13(18-14(11)19)8-1-4-10(16)5-2-8/h1-7H,16H2,(H,17,18,19). The van der Waals surface area contributed by atoms with Crippen LogP contribution in [0.4, 0.5) is 5.69 Å². The maximum atomic E-state index is 12.0. The summed E-state index contributed by atoms with van der Waals surface area (Å²) in [5.41, 5.74) is 7.48. The Labute approximate surface area is 113 Å². The van der Waals surface area contributed by atoms with Crippen LogP contribution in [-0.4, -0.2) is 9.97 Å². The molecule has 5 heteroatoms. The first-order chi connectivity index (χ1) is 9.13. The van der Waals surface area contributed by atoms with Gasteiger partial charge in [0.2, 0.25) is 0 Å². The van der Waals surface area contributed by atoms with Gasteiger partial charge in [-0.2, -0.15) is 0 Å². The molecular formula is C14H10ClN3O. The van der Waals surface area contributed by atoms with Crippen LogP contribution >= 0.6 is 11.6 Å². The average molecular weight is 272 g/mol. The van der Waals surface area contributed by atoms with E-state index in [1.807, 2.05) is 12.1 Å². The molecule has 3 rings (SSSR count). The lowest BCUT2D eigenvalue weighted by Crippen LogP contribution is -2.09. The van der Waals surface area contributed by atoms with E-state index >= 15 is 0 Å². The van der Waals surface area contributed by atoms with Gasteiger partial charge in [0.05, 0.1) is 10.9 Å². The Morgan fingerprint density at radius 2 is 1.84 bits per heavy atom. The summed E-state index contributed by atoms with van der Waals surface area (Å²) < 4.78 is 0. The second kappa shape index (κ2) is 4.40. The summed E-state index contributed by atoms with van der Waals surface area (Å²) in [5, 5.41) is 1.07. The molecule has 3 N–H and O–H groups in total. The van der Waals surface area contributed by atoms with E-state index in [9.17, 15) is 4.79 Å². The minimum atomic E-state index is -0.187. The zero-order chi connectivity index (χ0) is 13.4. The topological polar surface area (TPSA) is 71.8 Å². The molecule has 1 heterocycles. The van der Waals surface area contributed by atoms with Gasteiger partial charge in [-0.15, -0.1) is 0 Å². The number of H-pyrrole nitrogens is 1. The van der Waals surface area contributed by atoms with Crippen LogP contribution in [0.3, 0.4) is 0 Å². The van der Waals surface area contributed by atoms with E-state index in [-0.39, 0.29) is 5.56 Å². The molecule has 0 radical (unpaired) electrons. The Morgan fingerprint density at radius 1 is 1.11 bits per heavy atom. The van der Waals surface area contributed by atoms with Crippen LogP contribution in [0.5, 0.6) is 0 Å². The Morgan fingerprint density at radius 3 is 2.58 bits per heavy atom. The van der Waals surface area contributed by atoms with Crippen LogP contribution in [0, 0.1) is 0 Å². The maximum absolute atomic E-state index is 12.0. The highest BCUT2D eigenvalue weighted by atomic mass is 35.5. The van der Waals surface area contributed by atoms with Crippen LogP contribution in [-0.2, 0) is 0 Å². The van der Waals surface area contributed by atoms with E-state index in [2.05, 4.69) is 9.97 Å². The van der Waals surface area contributed by atoms with Crippen LogP contribution in [0.1, 0.15) is 0 Å². The van der Waals surface area contributed by atoms with Gasteiger partial charge in [0.25, 0.3) is 5.56 Å². The smallest absolute Gasteiger partial charge is 0.259 e. The van der Waals surface area contributed by atoms with Crippen LogP contribution in [0.15, 0.2) is 47.3 Å². The number of nitrogens with two attached hydrogens (primary N) is 1. The fraction of sp³-hybridized carbons (Fsp3) is 0. The quantitative estimate of drug-likeness (QED) is 0.669. The summed E-state index contributed by atoms with van der Waals surface area (Å²) in [4.78, 5) is 19.2. The molecule has 0 unspecified atom stereocenters. The van der Waals surface area contributed by atoms with Crippen molar-refractivity contribution >= 4 is 28.2 Å². The van der Waals surface area contributed by atoms with Gasteiger partial charge < -0.3 is 10.7 Å². The van der Waals surface area contributed by atoms with Crippen molar-refractivity contribution in [2.24, 2.45) is 0 Å². The van der Waals surface area contributed by atoms with Crippen LogP contribution in [0.25, 0.3) is 22.3 Å². The highest BCUT2D eigenvalue weighted by Crippen LogP contribution is 2.19. The molecule has 0 saturated heterocycles. The Hall–Kier alpha value is -2.33. The van der Waals surface area contributed by atoms with E-state index in [0.29, 0.717) is 27.4 Å². The van der Waals surface area contributed by atoms with Crippen molar-refractivity contribution in [2.45, 2.75) is 0 Å². The molecule has 0 fully saturated rings. The molecular weight excluding hydrogens is 262 g/mol. The Kier molecular flexibility index (Phi) is 2.72. The summed E-state index contributed by atoms with van der Waals surface area (Å²) in [6.07, 6.45) is 0. The summed E-state index contributed by atoms with van der Waals surface area (Å²) in [6.45, 7) is 0. The number of fused-ring (bicyclic) bond motifs is 1. The third-order valence-corrected chi connectivity index (χ3v) is 3.09. The van der Waals surface area contributed by atoms with E-state index in [4.69, 9.17) is 17.3 Å².